The first-order chi connectivity index (χ1) is 13.4. The highest BCUT2D eigenvalue weighted by atomic mass is 35.5. The number of aromatic carboxylic acids is 1. The van der Waals surface area contributed by atoms with E-state index in [-0.39, 0.29) is 17.7 Å². The number of nitrogens with one attached hydrogen (secondary N) is 1. The zero-order chi connectivity index (χ0) is 20.3. The molecule has 0 radical (unpaired) electrons. The lowest BCUT2D eigenvalue weighted by atomic mass is 10.1. The van der Waals surface area contributed by atoms with Gasteiger partial charge >= 0.3 is 5.97 Å². The first-order valence-corrected chi connectivity index (χ1v) is 9.72. The number of thiophene rings is 1. The Labute approximate surface area is 170 Å². The molecule has 0 aliphatic carbocycles. The number of hydrogen-bond acceptors (Lipinski definition) is 3. The molecule has 3 aromatic rings. The molecular weight excluding hydrogens is 401 g/mol. The molecule has 28 heavy (non-hydrogen) atoms. The van der Waals surface area contributed by atoms with E-state index in [1.807, 2.05) is 31.2 Å². The fraction of sp³-hybridized carbons (Fsp3) is 0.143. The molecule has 2 aromatic carbocycles. The van der Waals surface area contributed by atoms with Crippen molar-refractivity contribution in [3.05, 3.63) is 75.6 Å². The fourth-order valence-corrected chi connectivity index (χ4v) is 3.95. The van der Waals surface area contributed by atoms with E-state index in [0.717, 1.165) is 11.1 Å². The average molecular weight is 418 g/mol. The highest BCUT2D eigenvalue weighted by Gasteiger charge is 2.25. The number of halogens is 2. The van der Waals surface area contributed by atoms with Crippen LogP contribution < -0.4 is 5.32 Å². The third-order valence-corrected chi connectivity index (χ3v) is 5.62. The molecule has 0 saturated carbocycles. The number of alkyl halides is 1. The predicted molar refractivity (Wildman–Crippen MR) is 110 cm³/mol. The van der Waals surface area contributed by atoms with Gasteiger partial charge in [-0.1, -0.05) is 59.6 Å². The van der Waals surface area contributed by atoms with Crippen molar-refractivity contribution in [1.82, 2.24) is 0 Å². The summed E-state index contributed by atoms with van der Waals surface area (Å²) in [5.74, 6) is -2.09. The molecule has 2 N–H and O–H groups in total. The van der Waals surface area contributed by atoms with Gasteiger partial charge in [-0.25, -0.2) is 9.18 Å². The molecular formula is C21H17ClFNO3S. The third-order valence-electron chi connectivity index (χ3n) is 4.22. The van der Waals surface area contributed by atoms with Gasteiger partial charge in [0.15, 0.2) is 6.17 Å². The number of rotatable bonds is 6. The van der Waals surface area contributed by atoms with E-state index in [9.17, 15) is 19.1 Å². The van der Waals surface area contributed by atoms with Crippen LogP contribution in [0.25, 0.3) is 10.4 Å². The largest absolute Gasteiger partial charge is 0.478 e. The van der Waals surface area contributed by atoms with Crippen LogP contribution in [0.5, 0.6) is 0 Å². The van der Waals surface area contributed by atoms with Crippen molar-refractivity contribution in [2.24, 2.45) is 0 Å². The van der Waals surface area contributed by atoms with Crippen LogP contribution >= 0.6 is 22.9 Å². The second-order valence-corrected chi connectivity index (χ2v) is 7.56. The normalized spacial score (nSPS) is 11.8. The molecule has 4 nitrogen and oxygen atoms in total. The van der Waals surface area contributed by atoms with Crippen LogP contribution in [0.3, 0.4) is 0 Å². The van der Waals surface area contributed by atoms with Crippen molar-refractivity contribution in [3.8, 4) is 10.4 Å². The van der Waals surface area contributed by atoms with E-state index in [4.69, 9.17) is 11.6 Å². The molecule has 0 spiro atoms. The predicted octanol–water partition coefficient (Wildman–Crippen LogP) is 5.59. The number of carboxylic acids is 1. The summed E-state index contributed by atoms with van der Waals surface area (Å²) in [6.07, 6.45) is -2.05. The molecule has 0 fully saturated rings. The van der Waals surface area contributed by atoms with Gasteiger partial charge in [-0.15, -0.1) is 11.3 Å². The highest BCUT2D eigenvalue weighted by molar-refractivity contribution is 7.14. The number of aryl methyl sites for hydroxylation is 1. The van der Waals surface area contributed by atoms with Gasteiger partial charge in [0.05, 0.1) is 10.6 Å². The maximum Gasteiger partial charge on any atom is 0.339 e. The molecule has 0 bridgehead atoms. The Balaban J connectivity index is 1.82. The fourth-order valence-electron chi connectivity index (χ4n) is 2.74. The summed E-state index contributed by atoms with van der Waals surface area (Å²) in [5, 5.41) is 13.9. The molecule has 1 amide bonds. The number of amides is 1. The van der Waals surface area contributed by atoms with Crippen molar-refractivity contribution in [3.63, 3.8) is 0 Å². The Morgan fingerprint density at radius 2 is 1.86 bits per heavy atom. The summed E-state index contributed by atoms with van der Waals surface area (Å²) < 4.78 is 14.4. The Hall–Kier alpha value is -2.70. The second-order valence-electron chi connectivity index (χ2n) is 6.28. The number of benzene rings is 2. The van der Waals surface area contributed by atoms with Gasteiger partial charge in [-0.3, -0.25) is 4.79 Å². The number of anilines is 1. The van der Waals surface area contributed by atoms with Crippen LogP contribution in [-0.2, 0) is 11.2 Å². The van der Waals surface area contributed by atoms with Gasteiger partial charge in [-0.05, 0) is 24.1 Å². The summed E-state index contributed by atoms with van der Waals surface area (Å²) in [6, 6.07) is 14.1. The lowest BCUT2D eigenvalue weighted by Crippen LogP contribution is -2.26. The SMILES string of the molecule is Cc1ccc(-c2scc(NC(=O)C(F)Cc3ccccc3Cl)c2C(=O)O)cc1. The average Bonchev–Trinajstić information content (AvgIpc) is 3.08. The lowest BCUT2D eigenvalue weighted by molar-refractivity contribution is -0.120. The summed E-state index contributed by atoms with van der Waals surface area (Å²) in [6.45, 7) is 1.93. The second kappa shape index (κ2) is 8.54. The molecule has 144 valence electrons. The van der Waals surface area contributed by atoms with Gasteiger partial charge in [0.25, 0.3) is 5.91 Å². The maximum atomic E-state index is 14.4. The Morgan fingerprint density at radius 3 is 2.50 bits per heavy atom. The molecule has 1 atom stereocenters. The van der Waals surface area contributed by atoms with Gasteiger partial charge in [0, 0.05) is 16.8 Å². The van der Waals surface area contributed by atoms with Crippen molar-refractivity contribution >= 4 is 40.5 Å². The zero-order valence-corrected chi connectivity index (χ0v) is 16.5. The quantitative estimate of drug-likeness (QED) is 0.549. The van der Waals surface area contributed by atoms with Crippen LogP contribution in [0, 0.1) is 6.92 Å². The van der Waals surface area contributed by atoms with Crippen LogP contribution in [-0.4, -0.2) is 23.2 Å². The molecule has 1 unspecified atom stereocenters. The molecule has 0 aliphatic heterocycles. The standard InChI is InChI=1S/C21H17ClFNO3S/c1-12-6-8-13(9-7-12)19-18(21(26)27)17(11-28-19)24-20(25)16(23)10-14-4-2-3-5-15(14)22/h2-9,11,16H,10H2,1H3,(H,24,25)(H,26,27). The van der Waals surface area contributed by atoms with E-state index in [1.165, 1.54) is 16.7 Å². The first-order valence-electron chi connectivity index (χ1n) is 8.47. The van der Waals surface area contributed by atoms with Crippen molar-refractivity contribution in [1.29, 1.82) is 0 Å². The van der Waals surface area contributed by atoms with Gasteiger partial charge in [0.1, 0.15) is 5.56 Å². The van der Waals surface area contributed by atoms with E-state index in [2.05, 4.69) is 5.32 Å². The van der Waals surface area contributed by atoms with Crippen LogP contribution in [0.1, 0.15) is 21.5 Å². The van der Waals surface area contributed by atoms with Crippen LogP contribution in [0.2, 0.25) is 5.02 Å². The summed E-state index contributed by atoms with van der Waals surface area (Å²) in [7, 11) is 0. The van der Waals surface area contributed by atoms with Gasteiger partial charge in [0.2, 0.25) is 0 Å². The third kappa shape index (κ3) is 4.40. The molecule has 1 aromatic heterocycles. The minimum absolute atomic E-state index is 0.0489. The number of hydrogen-bond donors (Lipinski definition) is 2. The maximum absolute atomic E-state index is 14.4. The monoisotopic (exact) mass is 417 g/mol. The zero-order valence-electron chi connectivity index (χ0n) is 14.9. The first kappa shape index (κ1) is 20.0. The molecule has 7 heteroatoms. The Kier molecular flexibility index (Phi) is 6.11. The van der Waals surface area contributed by atoms with Gasteiger partial charge < -0.3 is 10.4 Å². The number of carbonyl (C=O) groups excluding carboxylic acids is 1. The van der Waals surface area contributed by atoms with Crippen molar-refractivity contribution in [2.75, 3.05) is 5.32 Å². The number of carboxylic acid groups (broad SMARTS) is 1. The summed E-state index contributed by atoms with van der Waals surface area (Å²) in [5.41, 5.74) is 2.31. The lowest BCUT2D eigenvalue weighted by Gasteiger charge is -2.11. The Morgan fingerprint density at radius 1 is 1.18 bits per heavy atom. The van der Waals surface area contributed by atoms with E-state index < -0.39 is 18.0 Å². The highest BCUT2D eigenvalue weighted by Crippen LogP contribution is 2.36. The van der Waals surface area contributed by atoms with Crippen molar-refractivity contribution < 1.29 is 19.1 Å². The van der Waals surface area contributed by atoms with Crippen LogP contribution in [0.15, 0.2) is 53.9 Å². The summed E-state index contributed by atoms with van der Waals surface area (Å²) in [4.78, 5) is 24.6. The van der Waals surface area contributed by atoms with E-state index in [1.54, 1.807) is 24.3 Å². The van der Waals surface area contributed by atoms with Crippen molar-refractivity contribution in [2.45, 2.75) is 19.5 Å². The molecule has 0 saturated heterocycles. The molecule has 0 aliphatic rings. The number of carbonyl (C=O) groups is 2. The smallest absolute Gasteiger partial charge is 0.339 e. The minimum atomic E-state index is -1.86. The van der Waals surface area contributed by atoms with Crippen LogP contribution in [0.4, 0.5) is 10.1 Å². The van der Waals surface area contributed by atoms with E-state index >= 15 is 0 Å². The minimum Gasteiger partial charge on any atom is -0.478 e. The molecule has 3 rings (SSSR count). The topological polar surface area (TPSA) is 66.4 Å². The van der Waals surface area contributed by atoms with Gasteiger partial charge in [-0.2, -0.15) is 0 Å². The van der Waals surface area contributed by atoms with E-state index in [0.29, 0.717) is 15.5 Å². The molecule has 1 heterocycles. The summed E-state index contributed by atoms with van der Waals surface area (Å²) >= 11 is 7.19. The Bertz CT molecular complexity index is 1020.